The fraction of sp³-hybridized carbons (Fsp3) is 0.0870. The Kier molecular flexibility index (Phi) is 4.91. The van der Waals surface area contributed by atoms with E-state index in [4.69, 9.17) is 0 Å². The van der Waals surface area contributed by atoms with Crippen LogP contribution >= 0.6 is 0 Å². The summed E-state index contributed by atoms with van der Waals surface area (Å²) in [5, 5.41) is 10.9. The average Bonchev–Trinajstić information content (AvgIpc) is 3.00. The molecule has 0 bridgehead atoms. The number of nitrogens with zero attached hydrogens (tertiary/aromatic N) is 2. The molecule has 6 heteroatoms. The number of pyridine rings is 1. The number of aliphatic hydroxyl groups is 1. The smallest absolute Gasteiger partial charge is 0.295 e. The molecule has 2 heterocycles. The molecule has 3 aromatic rings. The number of carbonyl (C=O) groups excluding carboxylic acids is 2. The number of amides is 1. The van der Waals surface area contributed by atoms with E-state index in [1.54, 1.807) is 42.7 Å². The zero-order valence-electron chi connectivity index (χ0n) is 15.3. The number of carbonyl (C=O) groups is 2. The predicted molar refractivity (Wildman–Crippen MR) is 105 cm³/mol. The summed E-state index contributed by atoms with van der Waals surface area (Å²) < 4.78 is 13.3. The third-order valence-electron chi connectivity index (χ3n) is 4.85. The standard InChI is InChI=1S/C23H17FN2O3/c24-18-10-8-17(9-11-18)21(27)19-20(16-6-2-1-3-7-16)26(23(29)22(19)28)14-15-5-4-12-25-13-15/h1-13,20,27H,14H2/t20-/m1/s1. The molecule has 2 aromatic carbocycles. The Balaban J connectivity index is 1.85. The number of likely N-dealkylation sites (tertiary alicyclic amines) is 1. The van der Waals surface area contributed by atoms with Gasteiger partial charge in [0.2, 0.25) is 0 Å². The van der Waals surface area contributed by atoms with Crippen molar-refractivity contribution in [1.29, 1.82) is 0 Å². The molecule has 1 aliphatic rings. The number of benzene rings is 2. The van der Waals surface area contributed by atoms with Gasteiger partial charge in [-0.3, -0.25) is 14.6 Å². The SMILES string of the molecule is O=C1C(=O)N(Cc2cccnc2)[C@H](c2ccccc2)C1=C(O)c1ccc(F)cc1. The van der Waals surface area contributed by atoms with Gasteiger partial charge in [-0.2, -0.15) is 0 Å². The van der Waals surface area contributed by atoms with Crippen LogP contribution in [-0.2, 0) is 16.1 Å². The molecule has 144 valence electrons. The van der Waals surface area contributed by atoms with Crippen molar-refractivity contribution in [1.82, 2.24) is 9.88 Å². The molecule has 0 spiro atoms. The third kappa shape index (κ3) is 3.52. The average molecular weight is 388 g/mol. The van der Waals surface area contributed by atoms with Crippen LogP contribution in [0.15, 0.2) is 84.7 Å². The topological polar surface area (TPSA) is 70.5 Å². The van der Waals surface area contributed by atoms with Crippen LogP contribution in [0.2, 0.25) is 0 Å². The molecule has 29 heavy (non-hydrogen) atoms. The van der Waals surface area contributed by atoms with E-state index in [2.05, 4.69) is 4.98 Å². The highest BCUT2D eigenvalue weighted by molar-refractivity contribution is 6.46. The predicted octanol–water partition coefficient (Wildman–Crippen LogP) is 3.84. The highest BCUT2D eigenvalue weighted by atomic mass is 19.1. The normalized spacial score (nSPS) is 18.2. The molecule has 1 atom stereocenters. The Morgan fingerprint density at radius 2 is 1.72 bits per heavy atom. The van der Waals surface area contributed by atoms with E-state index in [0.29, 0.717) is 5.56 Å². The van der Waals surface area contributed by atoms with E-state index in [1.165, 1.54) is 29.2 Å². The van der Waals surface area contributed by atoms with Crippen LogP contribution in [-0.4, -0.2) is 26.7 Å². The van der Waals surface area contributed by atoms with Crippen LogP contribution in [0.5, 0.6) is 0 Å². The maximum Gasteiger partial charge on any atom is 0.295 e. The lowest BCUT2D eigenvalue weighted by atomic mass is 9.95. The van der Waals surface area contributed by atoms with Crippen LogP contribution in [0.4, 0.5) is 4.39 Å². The van der Waals surface area contributed by atoms with E-state index in [9.17, 15) is 19.1 Å². The van der Waals surface area contributed by atoms with Crippen molar-refractivity contribution < 1.29 is 19.1 Å². The number of rotatable bonds is 4. The van der Waals surface area contributed by atoms with Gasteiger partial charge in [0, 0.05) is 24.5 Å². The maximum atomic E-state index is 13.3. The molecule has 1 N–H and O–H groups in total. The Hall–Kier alpha value is -3.80. The van der Waals surface area contributed by atoms with Crippen molar-refractivity contribution >= 4 is 17.4 Å². The molecule has 0 saturated carbocycles. The summed E-state index contributed by atoms with van der Waals surface area (Å²) in [7, 11) is 0. The Morgan fingerprint density at radius 3 is 2.38 bits per heavy atom. The first kappa shape index (κ1) is 18.6. The molecule has 4 rings (SSSR count). The number of aromatic nitrogens is 1. The quantitative estimate of drug-likeness (QED) is 0.419. The monoisotopic (exact) mass is 388 g/mol. The van der Waals surface area contributed by atoms with Crippen LogP contribution < -0.4 is 0 Å². The van der Waals surface area contributed by atoms with Gasteiger partial charge in [0.25, 0.3) is 11.7 Å². The third-order valence-corrected chi connectivity index (χ3v) is 4.85. The molecule has 1 amide bonds. The van der Waals surface area contributed by atoms with E-state index in [0.717, 1.165) is 5.56 Å². The Morgan fingerprint density at radius 1 is 1.00 bits per heavy atom. The van der Waals surface area contributed by atoms with Crippen molar-refractivity contribution in [3.05, 3.63) is 107 Å². The number of hydrogen-bond donors (Lipinski definition) is 1. The summed E-state index contributed by atoms with van der Waals surface area (Å²) >= 11 is 0. The van der Waals surface area contributed by atoms with Gasteiger partial charge >= 0.3 is 0 Å². The molecule has 5 nitrogen and oxygen atoms in total. The summed E-state index contributed by atoms with van der Waals surface area (Å²) in [5.74, 6) is -2.26. The minimum absolute atomic E-state index is 0.0169. The summed E-state index contributed by atoms with van der Waals surface area (Å²) in [6.45, 7) is 0.165. The van der Waals surface area contributed by atoms with E-state index in [-0.39, 0.29) is 23.4 Å². The summed E-state index contributed by atoms with van der Waals surface area (Å²) in [6, 6.07) is 17.0. The van der Waals surface area contributed by atoms with E-state index in [1.807, 2.05) is 12.1 Å². The van der Waals surface area contributed by atoms with Gasteiger partial charge in [-0.25, -0.2) is 4.39 Å². The van der Waals surface area contributed by atoms with E-state index >= 15 is 0 Å². The maximum absolute atomic E-state index is 13.3. The lowest BCUT2D eigenvalue weighted by Gasteiger charge is -2.25. The van der Waals surface area contributed by atoms with Gasteiger partial charge in [0.15, 0.2) is 0 Å². The van der Waals surface area contributed by atoms with Crippen LogP contribution in [0.3, 0.4) is 0 Å². The molecular formula is C23H17FN2O3. The zero-order valence-corrected chi connectivity index (χ0v) is 15.3. The van der Waals surface area contributed by atoms with Crippen LogP contribution in [0.25, 0.3) is 5.76 Å². The second-order valence-electron chi connectivity index (χ2n) is 6.71. The summed E-state index contributed by atoms with van der Waals surface area (Å²) in [4.78, 5) is 31.2. The van der Waals surface area contributed by atoms with Crippen molar-refractivity contribution in [2.45, 2.75) is 12.6 Å². The molecule has 1 aromatic heterocycles. The summed E-state index contributed by atoms with van der Waals surface area (Å²) in [5.41, 5.74) is 1.71. The molecule has 1 saturated heterocycles. The van der Waals surface area contributed by atoms with Crippen molar-refractivity contribution in [3.63, 3.8) is 0 Å². The minimum atomic E-state index is -0.774. The van der Waals surface area contributed by atoms with Gasteiger partial charge in [-0.15, -0.1) is 0 Å². The fourth-order valence-corrected chi connectivity index (χ4v) is 3.48. The number of hydrogen-bond acceptors (Lipinski definition) is 4. The van der Waals surface area contributed by atoms with Gasteiger partial charge in [0.05, 0.1) is 11.6 Å². The molecule has 1 fully saturated rings. The van der Waals surface area contributed by atoms with Gasteiger partial charge in [0.1, 0.15) is 11.6 Å². The first-order valence-electron chi connectivity index (χ1n) is 9.04. The minimum Gasteiger partial charge on any atom is -0.507 e. The second kappa shape index (κ2) is 7.67. The van der Waals surface area contributed by atoms with Crippen molar-refractivity contribution in [3.8, 4) is 0 Å². The lowest BCUT2D eigenvalue weighted by Crippen LogP contribution is -2.29. The Labute approximate surface area is 166 Å². The number of Topliss-reactive ketones (excluding diaryl/α,β-unsaturated/α-hetero) is 1. The molecule has 0 unspecified atom stereocenters. The Bertz CT molecular complexity index is 1080. The van der Waals surface area contributed by atoms with Gasteiger partial charge < -0.3 is 10.0 Å². The first-order chi connectivity index (χ1) is 14.1. The van der Waals surface area contributed by atoms with Crippen molar-refractivity contribution in [2.75, 3.05) is 0 Å². The summed E-state index contributed by atoms with van der Waals surface area (Å²) in [6.07, 6.45) is 3.25. The fourth-order valence-electron chi connectivity index (χ4n) is 3.48. The zero-order chi connectivity index (χ0) is 20.4. The van der Waals surface area contributed by atoms with Gasteiger partial charge in [-0.05, 0) is 41.5 Å². The number of aliphatic hydroxyl groups excluding tert-OH is 1. The molecule has 0 aliphatic carbocycles. The molecule has 0 radical (unpaired) electrons. The number of ketones is 1. The van der Waals surface area contributed by atoms with Crippen LogP contribution in [0.1, 0.15) is 22.7 Å². The molecule has 1 aliphatic heterocycles. The van der Waals surface area contributed by atoms with E-state index < -0.39 is 23.5 Å². The molecular weight excluding hydrogens is 371 g/mol. The highest BCUT2D eigenvalue weighted by Gasteiger charge is 2.46. The first-order valence-corrected chi connectivity index (χ1v) is 9.04. The second-order valence-corrected chi connectivity index (χ2v) is 6.71. The lowest BCUT2D eigenvalue weighted by molar-refractivity contribution is -0.140. The van der Waals surface area contributed by atoms with Gasteiger partial charge in [-0.1, -0.05) is 36.4 Å². The van der Waals surface area contributed by atoms with Crippen LogP contribution in [0, 0.1) is 5.82 Å². The highest BCUT2D eigenvalue weighted by Crippen LogP contribution is 2.40. The largest absolute Gasteiger partial charge is 0.507 e. The van der Waals surface area contributed by atoms with Crippen molar-refractivity contribution in [2.24, 2.45) is 0 Å². The number of halogens is 1.